The van der Waals surface area contributed by atoms with E-state index >= 15 is 0 Å². The number of carbonyl (C=O) groups excluding carboxylic acids is 2. The molecule has 0 aromatic heterocycles. The minimum absolute atomic E-state index is 0.00528. The lowest BCUT2D eigenvalue weighted by Crippen LogP contribution is -2.24. The van der Waals surface area contributed by atoms with Gasteiger partial charge in [-0.2, -0.15) is 13.2 Å². The van der Waals surface area contributed by atoms with Crippen molar-refractivity contribution in [2.24, 2.45) is 0 Å². The topological polar surface area (TPSA) is 61.4 Å². The molecule has 2 aromatic rings. The Kier molecular flexibility index (Phi) is 4.83. The third-order valence-corrected chi connectivity index (χ3v) is 3.97. The van der Waals surface area contributed by atoms with Crippen LogP contribution in [0.4, 0.5) is 35.0 Å². The molecule has 3 rings (SSSR count). The van der Waals surface area contributed by atoms with Crippen LogP contribution < -0.4 is 15.5 Å². The highest BCUT2D eigenvalue weighted by molar-refractivity contribution is 6.01. The third kappa shape index (κ3) is 3.96. The average molecular weight is 363 g/mol. The van der Waals surface area contributed by atoms with Crippen molar-refractivity contribution in [1.82, 2.24) is 0 Å². The molecular weight excluding hydrogens is 347 g/mol. The number of amides is 3. The van der Waals surface area contributed by atoms with Gasteiger partial charge in [-0.25, -0.2) is 4.79 Å². The molecule has 1 aliphatic rings. The molecular formula is C18H16F3N3O2. The maximum Gasteiger partial charge on any atom is 0.418 e. The van der Waals surface area contributed by atoms with Crippen molar-refractivity contribution in [3.8, 4) is 0 Å². The number of alkyl halides is 3. The molecule has 0 spiro atoms. The van der Waals surface area contributed by atoms with Crippen molar-refractivity contribution in [2.45, 2.75) is 19.0 Å². The first-order chi connectivity index (χ1) is 12.3. The molecule has 8 heteroatoms. The van der Waals surface area contributed by atoms with Crippen LogP contribution in [0.5, 0.6) is 0 Å². The first-order valence-electron chi connectivity index (χ1n) is 7.99. The fourth-order valence-corrected chi connectivity index (χ4v) is 2.80. The van der Waals surface area contributed by atoms with Crippen LogP contribution in [-0.2, 0) is 11.0 Å². The van der Waals surface area contributed by atoms with Gasteiger partial charge in [0.2, 0.25) is 5.91 Å². The van der Waals surface area contributed by atoms with Gasteiger partial charge < -0.3 is 15.5 Å². The second kappa shape index (κ2) is 7.07. The summed E-state index contributed by atoms with van der Waals surface area (Å²) in [5, 5.41) is 4.71. The fraction of sp³-hybridized carbons (Fsp3) is 0.222. The van der Waals surface area contributed by atoms with Crippen LogP contribution in [0, 0.1) is 0 Å². The summed E-state index contributed by atoms with van der Waals surface area (Å²) in [7, 11) is 0. The van der Waals surface area contributed by atoms with Crippen LogP contribution in [0.2, 0.25) is 0 Å². The van der Waals surface area contributed by atoms with E-state index in [2.05, 4.69) is 10.6 Å². The van der Waals surface area contributed by atoms with Gasteiger partial charge in [0.1, 0.15) is 0 Å². The van der Waals surface area contributed by atoms with E-state index < -0.39 is 17.8 Å². The second-order valence-electron chi connectivity index (χ2n) is 5.82. The number of benzene rings is 2. The predicted octanol–water partition coefficient (Wildman–Crippen LogP) is 4.48. The van der Waals surface area contributed by atoms with Gasteiger partial charge in [0.05, 0.1) is 11.3 Å². The van der Waals surface area contributed by atoms with Crippen molar-refractivity contribution < 1.29 is 22.8 Å². The van der Waals surface area contributed by atoms with Crippen molar-refractivity contribution in [2.75, 3.05) is 22.1 Å². The van der Waals surface area contributed by atoms with E-state index in [0.717, 1.165) is 12.5 Å². The van der Waals surface area contributed by atoms with E-state index in [9.17, 15) is 22.8 Å². The van der Waals surface area contributed by atoms with Crippen LogP contribution in [0.3, 0.4) is 0 Å². The Bertz CT molecular complexity index is 836. The summed E-state index contributed by atoms with van der Waals surface area (Å²) in [6, 6.07) is 10.6. The molecule has 0 unspecified atom stereocenters. The SMILES string of the molecule is O=C(Nc1cccc(N2CCCC2=O)c1)Nc1ccccc1C(F)(F)F. The minimum atomic E-state index is -4.57. The van der Waals surface area contributed by atoms with Gasteiger partial charge >= 0.3 is 12.2 Å². The van der Waals surface area contributed by atoms with Crippen LogP contribution in [0.1, 0.15) is 18.4 Å². The number of nitrogens with one attached hydrogen (secondary N) is 2. The third-order valence-electron chi connectivity index (χ3n) is 3.97. The lowest BCUT2D eigenvalue weighted by Gasteiger charge is -2.17. The van der Waals surface area contributed by atoms with Crippen molar-refractivity contribution >= 4 is 29.0 Å². The molecule has 26 heavy (non-hydrogen) atoms. The second-order valence-corrected chi connectivity index (χ2v) is 5.82. The first-order valence-corrected chi connectivity index (χ1v) is 7.99. The minimum Gasteiger partial charge on any atom is -0.312 e. The quantitative estimate of drug-likeness (QED) is 0.845. The van der Waals surface area contributed by atoms with Crippen molar-refractivity contribution in [3.05, 3.63) is 54.1 Å². The van der Waals surface area contributed by atoms with E-state index in [0.29, 0.717) is 24.3 Å². The lowest BCUT2D eigenvalue weighted by molar-refractivity contribution is -0.136. The number of urea groups is 1. The highest BCUT2D eigenvalue weighted by atomic mass is 19.4. The van der Waals surface area contributed by atoms with Gasteiger partial charge in [-0.1, -0.05) is 18.2 Å². The number of hydrogen-bond donors (Lipinski definition) is 2. The number of rotatable bonds is 3. The van der Waals surface area contributed by atoms with E-state index in [4.69, 9.17) is 0 Å². The molecule has 0 atom stereocenters. The maximum absolute atomic E-state index is 13.0. The molecule has 5 nitrogen and oxygen atoms in total. The summed E-state index contributed by atoms with van der Waals surface area (Å²) in [6.07, 6.45) is -3.32. The monoisotopic (exact) mass is 363 g/mol. The molecule has 1 heterocycles. The highest BCUT2D eigenvalue weighted by Gasteiger charge is 2.33. The van der Waals surface area contributed by atoms with E-state index in [1.807, 2.05) is 0 Å². The zero-order valence-corrected chi connectivity index (χ0v) is 13.6. The number of anilines is 3. The zero-order chi connectivity index (χ0) is 18.7. The average Bonchev–Trinajstić information content (AvgIpc) is 3.00. The number of carbonyl (C=O) groups is 2. The Morgan fingerprint density at radius 3 is 2.50 bits per heavy atom. The maximum atomic E-state index is 13.0. The number of hydrogen-bond acceptors (Lipinski definition) is 2. The van der Waals surface area contributed by atoms with E-state index in [1.54, 1.807) is 29.2 Å². The molecule has 2 N–H and O–H groups in total. The fourth-order valence-electron chi connectivity index (χ4n) is 2.80. The molecule has 136 valence electrons. The van der Waals surface area contributed by atoms with Crippen LogP contribution in [0.15, 0.2) is 48.5 Å². The van der Waals surface area contributed by atoms with Gasteiger partial charge in [0.25, 0.3) is 0 Å². The zero-order valence-electron chi connectivity index (χ0n) is 13.6. The summed E-state index contributed by atoms with van der Waals surface area (Å²) < 4.78 is 38.9. The number of para-hydroxylation sites is 1. The van der Waals surface area contributed by atoms with Gasteiger partial charge in [-0.05, 0) is 36.8 Å². The molecule has 0 radical (unpaired) electrons. The largest absolute Gasteiger partial charge is 0.418 e. The van der Waals surface area contributed by atoms with Gasteiger partial charge in [0.15, 0.2) is 0 Å². The summed E-state index contributed by atoms with van der Waals surface area (Å²) >= 11 is 0. The molecule has 1 saturated heterocycles. The van der Waals surface area contributed by atoms with E-state index in [-0.39, 0.29) is 11.6 Å². The Labute approximate surface area is 147 Å². The van der Waals surface area contributed by atoms with Gasteiger partial charge in [-0.15, -0.1) is 0 Å². The Balaban J connectivity index is 1.73. The Hall–Kier alpha value is -3.03. The summed E-state index contributed by atoms with van der Waals surface area (Å²) in [5.41, 5.74) is -0.236. The summed E-state index contributed by atoms with van der Waals surface area (Å²) in [4.78, 5) is 25.5. The van der Waals surface area contributed by atoms with Crippen molar-refractivity contribution in [1.29, 1.82) is 0 Å². The molecule has 0 saturated carbocycles. The normalized spacial score (nSPS) is 14.4. The van der Waals surface area contributed by atoms with Crippen LogP contribution in [-0.4, -0.2) is 18.5 Å². The Morgan fingerprint density at radius 2 is 1.81 bits per heavy atom. The molecule has 0 aliphatic carbocycles. The smallest absolute Gasteiger partial charge is 0.312 e. The molecule has 3 amide bonds. The molecule has 1 fully saturated rings. The number of halogens is 3. The van der Waals surface area contributed by atoms with Gasteiger partial charge in [0, 0.05) is 24.3 Å². The lowest BCUT2D eigenvalue weighted by atomic mass is 10.1. The van der Waals surface area contributed by atoms with Gasteiger partial charge in [-0.3, -0.25) is 4.79 Å². The molecule has 0 bridgehead atoms. The molecule has 1 aliphatic heterocycles. The predicted molar refractivity (Wildman–Crippen MR) is 92.1 cm³/mol. The van der Waals surface area contributed by atoms with Crippen LogP contribution >= 0.6 is 0 Å². The Morgan fingerprint density at radius 1 is 1.04 bits per heavy atom. The summed E-state index contributed by atoms with van der Waals surface area (Å²) in [6.45, 7) is 0.605. The highest BCUT2D eigenvalue weighted by Crippen LogP contribution is 2.34. The molecule has 2 aromatic carbocycles. The first kappa shape index (κ1) is 17.8. The standard InChI is InChI=1S/C18H16F3N3O2/c19-18(20,21)14-7-1-2-8-15(14)23-17(26)22-12-5-3-6-13(11-12)24-10-4-9-16(24)25/h1-3,5-8,11H,4,9-10H2,(H2,22,23,26). The van der Waals surface area contributed by atoms with Crippen LogP contribution in [0.25, 0.3) is 0 Å². The summed E-state index contributed by atoms with van der Waals surface area (Å²) in [5.74, 6) is 0.00528. The number of nitrogens with zero attached hydrogens (tertiary/aromatic N) is 1. The van der Waals surface area contributed by atoms with E-state index in [1.165, 1.54) is 18.2 Å². The van der Waals surface area contributed by atoms with Crippen molar-refractivity contribution in [3.63, 3.8) is 0 Å².